The molecule has 4 heteroatoms. The molecule has 0 aliphatic rings. The summed E-state index contributed by atoms with van der Waals surface area (Å²) in [5.41, 5.74) is 6.90. The Hall–Kier alpha value is -1.03. The fourth-order valence-electron chi connectivity index (χ4n) is 1.60. The normalized spacial score (nSPS) is 12.2. The predicted octanol–water partition coefficient (Wildman–Crippen LogP) is 4.91. The highest BCUT2D eigenvalue weighted by Gasteiger charge is 2.09. The molecular formula is C14H13BrClNO. The van der Waals surface area contributed by atoms with Crippen LogP contribution in [0.15, 0.2) is 46.9 Å². The van der Waals surface area contributed by atoms with Gasteiger partial charge in [-0.15, -0.1) is 0 Å². The van der Waals surface area contributed by atoms with E-state index in [1.807, 2.05) is 37.3 Å². The molecule has 0 aliphatic heterocycles. The molecule has 94 valence electrons. The second kappa shape index (κ2) is 5.74. The molecule has 2 nitrogen and oxygen atoms in total. The third-order valence-electron chi connectivity index (χ3n) is 2.50. The fourth-order valence-corrected chi connectivity index (χ4v) is 2.10. The van der Waals surface area contributed by atoms with Crippen LogP contribution in [0, 0.1) is 0 Å². The van der Waals surface area contributed by atoms with Gasteiger partial charge in [-0.05, 0) is 49.4 Å². The second-order valence-electron chi connectivity index (χ2n) is 4.03. The van der Waals surface area contributed by atoms with Crippen molar-refractivity contribution in [1.29, 1.82) is 0 Å². The van der Waals surface area contributed by atoms with Gasteiger partial charge in [0.25, 0.3) is 0 Å². The number of benzene rings is 2. The Labute approximate surface area is 120 Å². The van der Waals surface area contributed by atoms with Crippen molar-refractivity contribution >= 4 is 27.5 Å². The molecule has 0 saturated heterocycles. The van der Waals surface area contributed by atoms with Gasteiger partial charge in [-0.25, -0.2) is 0 Å². The van der Waals surface area contributed by atoms with E-state index < -0.39 is 0 Å². The SMILES string of the molecule is CC(N)c1cc(Br)ccc1Oc1ccc(Cl)cc1. The van der Waals surface area contributed by atoms with Gasteiger partial charge in [0.2, 0.25) is 0 Å². The lowest BCUT2D eigenvalue weighted by Gasteiger charge is -2.14. The minimum absolute atomic E-state index is 0.0928. The van der Waals surface area contributed by atoms with Gasteiger partial charge in [-0.3, -0.25) is 0 Å². The number of hydrogen-bond donors (Lipinski definition) is 1. The van der Waals surface area contributed by atoms with E-state index in [0.29, 0.717) is 5.02 Å². The van der Waals surface area contributed by atoms with Crippen molar-refractivity contribution in [1.82, 2.24) is 0 Å². The summed E-state index contributed by atoms with van der Waals surface area (Å²) in [7, 11) is 0. The molecule has 0 amide bonds. The van der Waals surface area contributed by atoms with Crippen molar-refractivity contribution in [2.45, 2.75) is 13.0 Å². The van der Waals surface area contributed by atoms with Gasteiger partial charge >= 0.3 is 0 Å². The molecule has 0 saturated carbocycles. The van der Waals surface area contributed by atoms with Gasteiger partial charge in [0.15, 0.2) is 0 Å². The molecule has 0 fully saturated rings. The Kier molecular flexibility index (Phi) is 4.27. The molecule has 0 radical (unpaired) electrons. The first-order chi connectivity index (χ1) is 8.56. The van der Waals surface area contributed by atoms with E-state index in [4.69, 9.17) is 22.1 Å². The first-order valence-corrected chi connectivity index (χ1v) is 6.72. The van der Waals surface area contributed by atoms with Crippen molar-refractivity contribution in [3.05, 3.63) is 57.5 Å². The lowest BCUT2D eigenvalue weighted by molar-refractivity contribution is 0.472. The predicted molar refractivity (Wildman–Crippen MR) is 78.3 cm³/mol. The average molecular weight is 327 g/mol. The van der Waals surface area contributed by atoms with E-state index in [0.717, 1.165) is 21.5 Å². The molecule has 2 N–H and O–H groups in total. The van der Waals surface area contributed by atoms with Crippen molar-refractivity contribution in [3.8, 4) is 11.5 Å². The number of ether oxygens (including phenoxy) is 1. The Balaban J connectivity index is 2.31. The van der Waals surface area contributed by atoms with Crippen LogP contribution < -0.4 is 10.5 Å². The van der Waals surface area contributed by atoms with Crippen LogP contribution in [-0.2, 0) is 0 Å². The summed E-state index contributed by atoms with van der Waals surface area (Å²) in [6, 6.07) is 12.9. The van der Waals surface area contributed by atoms with Crippen molar-refractivity contribution in [2.24, 2.45) is 5.73 Å². The molecule has 2 rings (SSSR count). The topological polar surface area (TPSA) is 35.2 Å². The number of nitrogens with two attached hydrogens (primary N) is 1. The van der Waals surface area contributed by atoms with E-state index in [1.54, 1.807) is 12.1 Å². The van der Waals surface area contributed by atoms with Crippen molar-refractivity contribution < 1.29 is 4.74 Å². The average Bonchev–Trinajstić information content (AvgIpc) is 2.34. The smallest absolute Gasteiger partial charge is 0.132 e. The highest BCUT2D eigenvalue weighted by Crippen LogP contribution is 2.31. The van der Waals surface area contributed by atoms with E-state index in [9.17, 15) is 0 Å². The van der Waals surface area contributed by atoms with Gasteiger partial charge in [0.05, 0.1) is 0 Å². The molecule has 1 unspecified atom stereocenters. The maximum Gasteiger partial charge on any atom is 0.132 e. The minimum atomic E-state index is -0.0928. The Morgan fingerprint density at radius 1 is 1.17 bits per heavy atom. The first-order valence-electron chi connectivity index (χ1n) is 5.54. The summed E-state index contributed by atoms with van der Waals surface area (Å²) in [5.74, 6) is 1.50. The maximum atomic E-state index is 5.94. The van der Waals surface area contributed by atoms with Crippen LogP contribution in [0.1, 0.15) is 18.5 Å². The highest BCUT2D eigenvalue weighted by molar-refractivity contribution is 9.10. The first kappa shape index (κ1) is 13.4. The molecule has 0 aromatic heterocycles. The summed E-state index contributed by atoms with van der Waals surface area (Å²) in [4.78, 5) is 0. The van der Waals surface area contributed by atoms with E-state index >= 15 is 0 Å². The fraction of sp³-hybridized carbons (Fsp3) is 0.143. The van der Waals surface area contributed by atoms with E-state index in [2.05, 4.69) is 15.9 Å². The quantitative estimate of drug-likeness (QED) is 0.869. The highest BCUT2D eigenvalue weighted by atomic mass is 79.9. The number of halogens is 2. The third-order valence-corrected chi connectivity index (χ3v) is 3.25. The third kappa shape index (κ3) is 3.25. The molecule has 0 heterocycles. The molecule has 0 aliphatic carbocycles. The van der Waals surface area contributed by atoms with E-state index in [-0.39, 0.29) is 6.04 Å². The Morgan fingerprint density at radius 2 is 1.83 bits per heavy atom. The van der Waals surface area contributed by atoms with Crippen LogP contribution in [0.25, 0.3) is 0 Å². The molecule has 18 heavy (non-hydrogen) atoms. The Morgan fingerprint density at radius 3 is 2.44 bits per heavy atom. The number of rotatable bonds is 3. The summed E-state index contributed by atoms with van der Waals surface area (Å²) in [6.07, 6.45) is 0. The molecule has 2 aromatic rings. The standard InChI is InChI=1S/C14H13BrClNO/c1-9(17)13-8-10(15)2-7-14(13)18-12-5-3-11(16)4-6-12/h2-9H,17H2,1H3. The largest absolute Gasteiger partial charge is 0.457 e. The molecule has 0 spiro atoms. The Bertz CT molecular complexity index is 540. The van der Waals surface area contributed by atoms with Crippen molar-refractivity contribution in [3.63, 3.8) is 0 Å². The summed E-state index contributed by atoms with van der Waals surface area (Å²) in [6.45, 7) is 1.93. The maximum absolute atomic E-state index is 5.94. The second-order valence-corrected chi connectivity index (χ2v) is 5.38. The van der Waals surface area contributed by atoms with Gasteiger partial charge in [0.1, 0.15) is 11.5 Å². The van der Waals surface area contributed by atoms with E-state index in [1.165, 1.54) is 0 Å². The molecule has 0 bridgehead atoms. The molecule has 2 aromatic carbocycles. The van der Waals surface area contributed by atoms with Gasteiger partial charge in [0, 0.05) is 21.1 Å². The van der Waals surface area contributed by atoms with Crippen molar-refractivity contribution in [2.75, 3.05) is 0 Å². The van der Waals surface area contributed by atoms with Crippen LogP contribution in [0.3, 0.4) is 0 Å². The summed E-state index contributed by atoms with van der Waals surface area (Å²) < 4.78 is 6.81. The van der Waals surface area contributed by atoms with Gasteiger partial charge < -0.3 is 10.5 Å². The lowest BCUT2D eigenvalue weighted by Crippen LogP contribution is -2.06. The minimum Gasteiger partial charge on any atom is -0.457 e. The monoisotopic (exact) mass is 325 g/mol. The number of hydrogen-bond acceptors (Lipinski definition) is 2. The lowest BCUT2D eigenvalue weighted by atomic mass is 10.1. The van der Waals surface area contributed by atoms with Crippen LogP contribution >= 0.6 is 27.5 Å². The molecular weight excluding hydrogens is 314 g/mol. The summed E-state index contributed by atoms with van der Waals surface area (Å²) in [5, 5.41) is 0.686. The summed E-state index contributed by atoms with van der Waals surface area (Å²) >= 11 is 9.27. The van der Waals surface area contributed by atoms with Crippen LogP contribution in [-0.4, -0.2) is 0 Å². The van der Waals surface area contributed by atoms with Crippen LogP contribution in [0.5, 0.6) is 11.5 Å². The zero-order valence-corrected chi connectivity index (χ0v) is 12.2. The zero-order valence-electron chi connectivity index (χ0n) is 9.86. The molecule has 1 atom stereocenters. The van der Waals surface area contributed by atoms with Gasteiger partial charge in [-0.1, -0.05) is 27.5 Å². The van der Waals surface area contributed by atoms with Crippen LogP contribution in [0.2, 0.25) is 5.02 Å². The zero-order chi connectivity index (χ0) is 13.1. The van der Waals surface area contributed by atoms with Gasteiger partial charge in [-0.2, -0.15) is 0 Å². The van der Waals surface area contributed by atoms with Crippen LogP contribution in [0.4, 0.5) is 0 Å².